The molecule has 0 spiro atoms. The van der Waals surface area contributed by atoms with Crippen molar-refractivity contribution in [1.29, 1.82) is 0 Å². The molecule has 1 amide bonds. The van der Waals surface area contributed by atoms with E-state index in [9.17, 15) is 4.79 Å². The van der Waals surface area contributed by atoms with Gasteiger partial charge in [-0.25, -0.2) is 9.97 Å². The summed E-state index contributed by atoms with van der Waals surface area (Å²) < 4.78 is 0. The van der Waals surface area contributed by atoms with Gasteiger partial charge in [-0.3, -0.25) is 4.79 Å². The van der Waals surface area contributed by atoms with Crippen LogP contribution in [-0.4, -0.2) is 69.6 Å². The van der Waals surface area contributed by atoms with Crippen LogP contribution in [-0.2, 0) is 4.79 Å². The van der Waals surface area contributed by atoms with Crippen molar-refractivity contribution in [3.8, 4) is 0 Å². The number of rotatable bonds is 6. The molecular weight excluding hydrogens is 374 g/mol. The summed E-state index contributed by atoms with van der Waals surface area (Å²) in [6, 6.07) is 1.96. The molecule has 1 aliphatic rings. The molecule has 0 radical (unpaired) electrons. The maximum atomic E-state index is 12.5. The Morgan fingerprint density at radius 3 is 2.89 bits per heavy atom. The molecule has 0 bridgehead atoms. The Balaban J connectivity index is 1.70. The normalized spacial score (nSPS) is 17.5. The maximum Gasteiger partial charge on any atom is 0.246 e. The van der Waals surface area contributed by atoms with Crippen molar-refractivity contribution in [2.45, 2.75) is 32.6 Å². The number of likely N-dealkylation sites (N-methyl/N-ethyl adjacent to an activating group) is 1. The Bertz CT molecular complexity index is 849. The molecule has 1 aliphatic heterocycles. The summed E-state index contributed by atoms with van der Waals surface area (Å²) in [4.78, 5) is 25.5. The molecule has 1 N–H and O–H groups in total. The van der Waals surface area contributed by atoms with E-state index in [0.717, 1.165) is 36.6 Å². The molecule has 0 aliphatic carbocycles. The van der Waals surface area contributed by atoms with Gasteiger partial charge in [0.2, 0.25) is 11.0 Å². The Kier molecular flexibility index (Phi) is 6.69. The third-order valence-electron chi connectivity index (χ3n) is 4.50. The topological polar surface area (TPSA) is 87.1 Å². The highest BCUT2D eigenvalue weighted by molar-refractivity contribution is 7.15. The first kappa shape index (κ1) is 20.3. The number of hydrogen-bond donors (Lipinski definition) is 1. The number of likely N-dealkylation sites (tertiary alicyclic amines) is 1. The van der Waals surface area contributed by atoms with Crippen molar-refractivity contribution in [1.82, 2.24) is 30.0 Å². The highest BCUT2D eigenvalue weighted by Crippen LogP contribution is 2.28. The summed E-state index contributed by atoms with van der Waals surface area (Å²) in [7, 11) is 3.97. The van der Waals surface area contributed by atoms with Crippen molar-refractivity contribution < 1.29 is 4.79 Å². The number of hydrogen-bond acceptors (Lipinski definition) is 8. The second kappa shape index (κ2) is 9.20. The van der Waals surface area contributed by atoms with Crippen LogP contribution in [0.25, 0.3) is 0 Å². The third-order valence-corrected chi connectivity index (χ3v) is 5.26. The van der Waals surface area contributed by atoms with Crippen LogP contribution in [0.3, 0.4) is 0 Å². The number of carbonyl (C=O) groups is 1. The molecule has 1 saturated heterocycles. The first-order chi connectivity index (χ1) is 13.4. The summed E-state index contributed by atoms with van der Waals surface area (Å²) in [5.41, 5.74) is 0.964. The Hall–Kier alpha value is -2.39. The number of amides is 1. The molecule has 150 valence electrons. The average molecular weight is 402 g/mol. The van der Waals surface area contributed by atoms with Crippen LogP contribution in [0, 0.1) is 13.8 Å². The Labute approximate surface area is 169 Å². The van der Waals surface area contributed by atoms with E-state index in [0.29, 0.717) is 23.3 Å². The summed E-state index contributed by atoms with van der Waals surface area (Å²) in [6.07, 6.45) is 5.57. The number of nitrogens with zero attached hydrogens (tertiary/aromatic N) is 6. The number of anilines is 2. The van der Waals surface area contributed by atoms with Crippen molar-refractivity contribution in [2.24, 2.45) is 0 Å². The summed E-state index contributed by atoms with van der Waals surface area (Å²) in [5, 5.41) is 12.9. The quantitative estimate of drug-likeness (QED) is 0.744. The lowest BCUT2D eigenvalue weighted by Gasteiger charge is -2.32. The lowest BCUT2D eigenvalue weighted by atomic mass is 9.94. The van der Waals surface area contributed by atoms with Gasteiger partial charge in [0.15, 0.2) is 0 Å². The highest BCUT2D eigenvalue weighted by atomic mass is 32.1. The number of nitrogens with one attached hydrogen (secondary N) is 1. The zero-order chi connectivity index (χ0) is 20.1. The van der Waals surface area contributed by atoms with Crippen LogP contribution in [0.1, 0.15) is 35.3 Å². The zero-order valence-electron chi connectivity index (χ0n) is 16.8. The number of piperidine rings is 1. The fourth-order valence-corrected chi connectivity index (χ4v) is 3.81. The van der Waals surface area contributed by atoms with Crippen molar-refractivity contribution in [3.05, 3.63) is 34.7 Å². The van der Waals surface area contributed by atoms with Crippen LogP contribution in [0.15, 0.2) is 18.2 Å². The van der Waals surface area contributed by atoms with Gasteiger partial charge in [0.1, 0.15) is 16.6 Å². The molecule has 2 aromatic heterocycles. The van der Waals surface area contributed by atoms with Gasteiger partial charge >= 0.3 is 0 Å². The monoisotopic (exact) mass is 401 g/mol. The average Bonchev–Trinajstić information content (AvgIpc) is 3.05. The molecule has 3 heterocycles. The fourth-order valence-electron chi connectivity index (χ4n) is 3.21. The van der Waals surface area contributed by atoms with E-state index < -0.39 is 0 Å². The van der Waals surface area contributed by atoms with Crippen LogP contribution in [0.5, 0.6) is 0 Å². The van der Waals surface area contributed by atoms with Gasteiger partial charge in [-0.15, -0.1) is 10.2 Å². The van der Waals surface area contributed by atoms with E-state index in [2.05, 4.69) is 25.5 Å². The van der Waals surface area contributed by atoms with Crippen LogP contribution in [0.4, 0.5) is 10.9 Å². The van der Waals surface area contributed by atoms with Gasteiger partial charge in [0, 0.05) is 37.7 Å². The molecule has 0 unspecified atom stereocenters. The van der Waals surface area contributed by atoms with Gasteiger partial charge in [0.05, 0.1) is 5.69 Å². The largest absolute Gasteiger partial charge is 0.339 e. The molecule has 8 nitrogen and oxygen atoms in total. The smallest absolute Gasteiger partial charge is 0.246 e. The molecule has 9 heteroatoms. The molecule has 1 atom stereocenters. The first-order valence-corrected chi connectivity index (χ1v) is 10.3. The van der Waals surface area contributed by atoms with Gasteiger partial charge < -0.3 is 15.1 Å². The van der Waals surface area contributed by atoms with E-state index in [1.165, 1.54) is 11.3 Å². The molecule has 3 rings (SSSR count). The highest BCUT2D eigenvalue weighted by Gasteiger charge is 2.25. The van der Waals surface area contributed by atoms with Crippen molar-refractivity contribution in [2.75, 3.05) is 39.0 Å². The minimum Gasteiger partial charge on any atom is -0.339 e. The van der Waals surface area contributed by atoms with Crippen LogP contribution in [0.2, 0.25) is 0 Å². The van der Waals surface area contributed by atoms with Gasteiger partial charge in [-0.05, 0) is 40.8 Å². The predicted octanol–water partition coefficient (Wildman–Crippen LogP) is 2.51. The number of aromatic nitrogens is 4. The second-order valence-electron chi connectivity index (χ2n) is 7.26. The second-order valence-corrected chi connectivity index (χ2v) is 8.45. The minimum atomic E-state index is 0.0695. The summed E-state index contributed by atoms with van der Waals surface area (Å²) in [5.74, 6) is 1.70. The van der Waals surface area contributed by atoms with Gasteiger partial charge in [-0.1, -0.05) is 17.4 Å². The van der Waals surface area contributed by atoms with Crippen LogP contribution >= 0.6 is 11.3 Å². The predicted molar refractivity (Wildman–Crippen MR) is 111 cm³/mol. The van der Waals surface area contributed by atoms with Crippen molar-refractivity contribution in [3.63, 3.8) is 0 Å². The summed E-state index contributed by atoms with van der Waals surface area (Å²) in [6.45, 7) is 6.03. The number of aryl methyl sites for hydroxylation is 2. The molecule has 28 heavy (non-hydrogen) atoms. The van der Waals surface area contributed by atoms with Crippen molar-refractivity contribution >= 4 is 28.2 Å². The molecule has 0 saturated carbocycles. The Morgan fingerprint density at radius 1 is 1.36 bits per heavy atom. The lowest BCUT2D eigenvalue weighted by Crippen LogP contribution is -2.38. The van der Waals surface area contributed by atoms with E-state index in [1.807, 2.05) is 49.9 Å². The maximum absolute atomic E-state index is 12.5. The first-order valence-electron chi connectivity index (χ1n) is 9.43. The summed E-state index contributed by atoms with van der Waals surface area (Å²) >= 11 is 1.49. The minimum absolute atomic E-state index is 0.0695. The van der Waals surface area contributed by atoms with E-state index >= 15 is 0 Å². The molecular formula is C19H27N7OS. The third kappa shape index (κ3) is 5.56. The fraction of sp³-hybridized carbons (Fsp3) is 0.526. The van der Waals surface area contributed by atoms with E-state index in [1.54, 1.807) is 6.08 Å². The SMILES string of the molecule is Cc1nc(Nc2nnc(C)s2)cc([C@H]2CCCN(C(=O)/C=C/CN(C)C)C2)n1. The van der Waals surface area contributed by atoms with Crippen LogP contribution < -0.4 is 5.32 Å². The molecule has 0 aromatic carbocycles. The zero-order valence-corrected chi connectivity index (χ0v) is 17.7. The standard InChI is InChI=1S/C19H27N7OS/c1-13-20-16(11-17(21-13)22-19-24-23-14(2)28-19)15-7-5-10-26(12-15)18(27)8-6-9-25(3)4/h6,8,11,15H,5,7,9-10,12H2,1-4H3,(H,20,21,22,24)/b8-6+/t15-/m0/s1. The van der Waals surface area contributed by atoms with E-state index in [4.69, 9.17) is 0 Å². The number of carbonyl (C=O) groups excluding carboxylic acids is 1. The Morgan fingerprint density at radius 2 is 2.18 bits per heavy atom. The molecule has 1 fully saturated rings. The van der Waals surface area contributed by atoms with Gasteiger partial charge in [-0.2, -0.15) is 0 Å². The lowest BCUT2D eigenvalue weighted by molar-refractivity contribution is -0.127. The molecule has 2 aromatic rings. The van der Waals surface area contributed by atoms with Gasteiger partial charge in [0.25, 0.3) is 0 Å². The van der Waals surface area contributed by atoms with E-state index in [-0.39, 0.29) is 11.8 Å².